The van der Waals surface area contributed by atoms with E-state index < -0.39 is 0 Å². The van der Waals surface area contributed by atoms with E-state index in [-0.39, 0.29) is 0 Å². The Bertz CT molecular complexity index is 326. The Balaban J connectivity index is 2.22. The van der Waals surface area contributed by atoms with Crippen LogP contribution in [0.1, 0.15) is 0 Å². The van der Waals surface area contributed by atoms with Crippen molar-refractivity contribution in [2.24, 2.45) is 0 Å². The van der Waals surface area contributed by atoms with Gasteiger partial charge >= 0.3 is 0 Å². The third-order valence-corrected chi connectivity index (χ3v) is 3.68. The van der Waals surface area contributed by atoms with Crippen molar-refractivity contribution in [3.05, 3.63) is 16.7 Å². The summed E-state index contributed by atoms with van der Waals surface area (Å²) in [5, 5.41) is 0. The first kappa shape index (κ1) is 10.1. The molecule has 0 aromatic carbocycles. The molecular weight excluding hydrogens is 262 g/mol. The van der Waals surface area contributed by atoms with Crippen LogP contribution < -0.4 is 10.6 Å². The van der Waals surface area contributed by atoms with Gasteiger partial charge < -0.3 is 10.6 Å². The maximum Gasteiger partial charge on any atom is 0.143 e. The average Bonchev–Trinajstić information content (AvgIpc) is 2.19. The third-order valence-electron chi connectivity index (χ3n) is 2.15. The molecule has 0 aliphatic carbocycles. The number of halogens is 1. The lowest BCUT2D eigenvalue weighted by molar-refractivity contribution is 0.836. The zero-order valence-electron chi connectivity index (χ0n) is 7.74. The number of pyridine rings is 1. The highest BCUT2D eigenvalue weighted by molar-refractivity contribution is 9.10. The molecule has 1 aliphatic heterocycles. The van der Waals surface area contributed by atoms with Crippen LogP contribution in [0.5, 0.6) is 0 Å². The lowest BCUT2D eigenvalue weighted by Gasteiger charge is -2.28. The lowest BCUT2D eigenvalue weighted by Crippen LogP contribution is -2.33. The van der Waals surface area contributed by atoms with E-state index in [9.17, 15) is 0 Å². The molecule has 1 saturated heterocycles. The maximum atomic E-state index is 5.64. The van der Waals surface area contributed by atoms with E-state index >= 15 is 0 Å². The zero-order chi connectivity index (χ0) is 9.97. The van der Waals surface area contributed by atoms with Crippen molar-refractivity contribution >= 4 is 39.2 Å². The molecule has 0 amide bonds. The van der Waals surface area contributed by atoms with E-state index in [2.05, 4.69) is 25.8 Å². The monoisotopic (exact) mass is 273 g/mol. The van der Waals surface area contributed by atoms with Gasteiger partial charge in [0.25, 0.3) is 0 Å². The van der Waals surface area contributed by atoms with Crippen molar-refractivity contribution in [3.8, 4) is 0 Å². The second-order valence-electron chi connectivity index (χ2n) is 3.17. The van der Waals surface area contributed by atoms with Crippen molar-refractivity contribution in [2.75, 3.05) is 35.2 Å². The molecule has 1 fully saturated rings. The van der Waals surface area contributed by atoms with Crippen LogP contribution in [0.25, 0.3) is 0 Å². The highest BCUT2D eigenvalue weighted by atomic mass is 79.9. The van der Waals surface area contributed by atoms with Gasteiger partial charge in [0.15, 0.2) is 0 Å². The number of nitrogen functional groups attached to an aromatic ring is 1. The Hall–Kier alpha value is -0.420. The molecule has 0 spiro atoms. The largest absolute Gasteiger partial charge is 0.397 e. The number of thioether (sulfide) groups is 1. The van der Waals surface area contributed by atoms with Gasteiger partial charge in [-0.05, 0) is 22.0 Å². The van der Waals surface area contributed by atoms with Crippen LogP contribution in [-0.4, -0.2) is 29.6 Å². The topological polar surface area (TPSA) is 42.1 Å². The molecule has 2 N–H and O–H groups in total. The second-order valence-corrected chi connectivity index (χ2v) is 5.25. The smallest absolute Gasteiger partial charge is 0.143 e. The second kappa shape index (κ2) is 4.40. The third kappa shape index (κ3) is 2.15. The van der Waals surface area contributed by atoms with Crippen LogP contribution >= 0.6 is 27.7 Å². The van der Waals surface area contributed by atoms with Gasteiger partial charge in [0.05, 0.1) is 16.4 Å². The van der Waals surface area contributed by atoms with Crippen LogP contribution in [0.3, 0.4) is 0 Å². The summed E-state index contributed by atoms with van der Waals surface area (Å²) in [6, 6.07) is 1.91. The van der Waals surface area contributed by atoms with Crippen LogP contribution in [0.2, 0.25) is 0 Å². The van der Waals surface area contributed by atoms with Gasteiger partial charge in [-0.15, -0.1) is 0 Å². The van der Waals surface area contributed by atoms with Gasteiger partial charge in [-0.3, -0.25) is 0 Å². The zero-order valence-corrected chi connectivity index (χ0v) is 10.1. The van der Waals surface area contributed by atoms with Crippen molar-refractivity contribution in [3.63, 3.8) is 0 Å². The minimum atomic E-state index is 0.701. The Morgan fingerprint density at radius 2 is 2.14 bits per heavy atom. The lowest BCUT2D eigenvalue weighted by atomic mass is 10.4. The number of nitrogens with zero attached hydrogens (tertiary/aromatic N) is 2. The van der Waals surface area contributed by atoms with Crippen LogP contribution in [-0.2, 0) is 0 Å². The first-order valence-corrected chi connectivity index (χ1v) is 6.46. The van der Waals surface area contributed by atoms with Crippen molar-refractivity contribution in [1.29, 1.82) is 0 Å². The fourth-order valence-electron chi connectivity index (χ4n) is 1.45. The van der Waals surface area contributed by atoms with Gasteiger partial charge in [-0.2, -0.15) is 11.8 Å². The minimum Gasteiger partial charge on any atom is -0.397 e. The predicted molar refractivity (Wildman–Crippen MR) is 65.9 cm³/mol. The first-order chi connectivity index (χ1) is 6.77. The van der Waals surface area contributed by atoms with Crippen molar-refractivity contribution in [1.82, 2.24) is 4.98 Å². The Kier molecular flexibility index (Phi) is 3.18. The normalized spacial score (nSPS) is 17.1. The molecule has 2 rings (SSSR count). The summed E-state index contributed by atoms with van der Waals surface area (Å²) in [6.45, 7) is 2.14. The molecule has 76 valence electrons. The summed E-state index contributed by atoms with van der Waals surface area (Å²) >= 11 is 5.48. The van der Waals surface area contributed by atoms with E-state index in [1.54, 1.807) is 6.20 Å². The summed E-state index contributed by atoms with van der Waals surface area (Å²) in [5.41, 5.74) is 6.34. The molecule has 0 radical (unpaired) electrons. The predicted octanol–water partition coefficient (Wildman–Crippen LogP) is 1.98. The van der Waals surface area contributed by atoms with Crippen molar-refractivity contribution < 1.29 is 0 Å². The van der Waals surface area contributed by atoms with E-state index in [4.69, 9.17) is 5.73 Å². The van der Waals surface area contributed by atoms with Gasteiger partial charge in [-0.25, -0.2) is 4.98 Å². The summed E-state index contributed by atoms with van der Waals surface area (Å²) < 4.78 is 0.990. The van der Waals surface area contributed by atoms with E-state index in [1.807, 2.05) is 17.8 Å². The first-order valence-electron chi connectivity index (χ1n) is 4.51. The Morgan fingerprint density at radius 3 is 2.79 bits per heavy atom. The molecule has 2 heterocycles. The van der Waals surface area contributed by atoms with E-state index in [0.29, 0.717) is 5.69 Å². The number of rotatable bonds is 1. The minimum absolute atomic E-state index is 0.701. The average molecular weight is 274 g/mol. The standard InChI is InChI=1S/C9H12BrN3S/c10-8-5-7(11)6-12-9(8)13-1-3-14-4-2-13/h5-6H,1-4,11H2. The van der Waals surface area contributed by atoms with E-state index in [0.717, 1.165) is 23.4 Å². The molecule has 1 aromatic rings. The highest BCUT2D eigenvalue weighted by Crippen LogP contribution is 2.27. The number of anilines is 2. The van der Waals surface area contributed by atoms with Crippen molar-refractivity contribution in [2.45, 2.75) is 0 Å². The summed E-state index contributed by atoms with van der Waals surface area (Å²) in [5.74, 6) is 3.37. The van der Waals surface area contributed by atoms with Gasteiger partial charge in [0, 0.05) is 24.6 Å². The summed E-state index contributed by atoms with van der Waals surface area (Å²) in [7, 11) is 0. The van der Waals surface area contributed by atoms with Gasteiger partial charge in [-0.1, -0.05) is 0 Å². The van der Waals surface area contributed by atoms with Crippen LogP contribution in [0.15, 0.2) is 16.7 Å². The number of hydrogen-bond acceptors (Lipinski definition) is 4. The SMILES string of the molecule is Nc1cnc(N2CCSCC2)c(Br)c1. The van der Waals surface area contributed by atoms with Gasteiger partial charge in [0.2, 0.25) is 0 Å². The van der Waals surface area contributed by atoms with Crippen LogP contribution in [0, 0.1) is 0 Å². The quantitative estimate of drug-likeness (QED) is 0.850. The molecule has 0 saturated carbocycles. The van der Waals surface area contributed by atoms with Crippen LogP contribution in [0.4, 0.5) is 11.5 Å². The summed E-state index contributed by atoms with van der Waals surface area (Å²) in [6.07, 6.45) is 1.71. The molecule has 5 heteroatoms. The molecule has 3 nitrogen and oxygen atoms in total. The van der Waals surface area contributed by atoms with Gasteiger partial charge in [0.1, 0.15) is 5.82 Å². The number of hydrogen-bond donors (Lipinski definition) is 1. The fraction of sp³-hybridized carbons (Fsp3) is 0.444. The maximum absolute atomic E-state index is 5.64. The number of nitrogens with two attached hydrogens (primary N) is 1. The Morgan fingerprint density at radius 1 is 1.43 bits per heavy atom. The molecular formula is C9H12BrN3S. The molecule has 1 aliphatic rings. The molecule has 0 unspecified atom stereocenters. The molecule has 14 heavy (non-hydrogen) atoms. The number of aromatic nitrogens is 1. The molecule has 0 atom stereocenters. The fourth-order valence-corrected chi connectivity index (χ4v) is 2.97. The Labute approximate surface area is 96.2 Å². The molecule has 1 aromatic heterocycles. The van der Waals surface area contributed by atoms with E-state index in [1.165, 1.54) is 11.5 Å². The highest BCUT2D eigenvalue weighted by Gasteiger charge is 2.14. The summed E-state index contributed by atoms with van der Waals surface area (Å²) in [4.78, 5) is 6.64. The molecule has 0 bridgehead atoms.